The lowest BCUT2D eigenvalue weighted by Crippen LogP contribution is -2.67. The van der Waals surface area contributed by atoms with Gasteiger partial charge in [-0.2, -0.15) is 0 Å². The Morgan fingerprint density at radius 3 is 2.34 bits per heavy atom. The molecule has 0 aromatic carbocycles. The molecule has 2 heteroatoms. The highest BCUT2D eigenvalue weighted by molar-refractivity contribution is 5.16. The molecule has 0 heterocycles. The van der Waals surface area contributed by atoms with Gasteiger partial charge in [0.1, 0.15) is 0 Å². The maximum Gasteiger partial charge on any atom is 0.0961 e. The molecule has 0 aliphatic heterocycles. The summed E-state index contributed by atoms with van der Waals surface area (Å²) in [5.41, 5.74) is -0.448. The third kappa shape index (κ3) is 3.34. The van der Waals surface area contributed by atoms with Crippen LogP contribution in [-0.2, 0) is 0 Å². The third-order valence-corrected chi connectivity index (χ3v) is 11.0. The molecule has 0 amide bonds. The van der Waals surface area contributed by atoms with Crippen LogP contribution < -0.4 is 0 Å². The van der Waals surface area contributed by atoms with Crippen molar-refractivity contribution in [2.75, 3.05) is 0 Å². The lowest BCUT2D eigenvalue weighted by atomic mass is 9.42. The molecule has 168 valence electrons. The minimum absolute atomic E-state index is 0.0735. The predicted molar refractivity (Wildman–Crippen MR) is 121 cm³/mol. The molecule has 0 aromatic rings. The van der Waals surface area contributed by atoms with Gasteiger partial charge in [-0.15, -0.1) is 0 Å². The van der Waals surface area contributed by atoms with Gasteiger partial charge < -0.3 is 10.2 Å². The second kappa shape index (κ2) is 7.80. The zero-order valence-electron chi connectivity index (χ0n) is 19.9. The predicted octanol–water partition coefficient (Wildman–Crippen LogP) is 6.58. The Hall–Kier alpha value is -0.0800. The first kappa shape index (κ1) is 22.1. The molecule has 0 aromatic heterocycles. The number of aliphatic hydroxyl groups excluding tert-OH is 1. The first-order chi connectivity index (χ1) is 13.6. The summed E-state index contributed by atoms with van der Waals surface area (Å²) in [5.74, 6) is 4.51. The van der Waals surface area contributed by atoms with Crippen LogP contribution in [0.15, 0.2) is 0 Å². The fraction of sp³-hybridized carbons (Fsp3) is 1.00. The Labute approximate surface area is 180 Å². The number of rotatable bonds is 5. The minimum Gasteiger partial charge on any atom is -0.390 e. The summed E-state index contributed by atoms with van der Waals surface area (Å²) in [6, 6.07) is 0. The summed E-state index contributed by atoms with van der Waals surface area (Å²) in [4.78, 5) is 0. The number of fused-ring (bicyclic) bond motifs is 5. The van der Waals surface area contributed by atoms with E-state index in [2.05, 4.69) is 34.6 Å². The molecule has 0 spiro atoms. The van der Waals surface area contributed by atoms with E-state index in [0.29, 0.717) is 17.3 Å². The molecule has 0 bridgehead atoms. The standard InChI is InChI=1S/C27H48O2/c1-18(2)9-8-10-19(3)21-11-12-22-20-17-24(28)27(29)15-7-6-14-26(27,5)23(20)13-16-25(21,22)4/h18-24,28-29H,6-17H2,1-5H3/t19-,20+,21+,22-,23-,24+,25+,26-,27+/m1/s1. The Kier molecular flexibility index (Phi) is 5.95. The maximum absolute atomic E-state index is 11.6. The SMILES string of the molecule is CC(C)CCC[C@@H](C)[C@@H]1CC[C@@H]2[C@@H]3C[C@H](O)[C@@]4(O)CCCC[C@]4(C)[C@@H]3CC[C@]21C. The van der Waals surface area contributed by atoms with E-state index in [9.17, 15) is 10.2 Å². The monoisotopic (exact) mass is 404 g/mol. The topological polar surface area (TPSA) is 40.5 Å². The van der Waals surface area contributed by atoms with Crippen molar-refractivity contribution in [2.24, 2.45) is 46.3 Å². The first-order valence-corrected chi connectivity index (χ1v) is 13.0. The zero-order valence-corrected chi connectivity index (χ0v) is 19.9. The lowest BCUT2D eigenvalue weighted by Gasteiger charge is -2.65. The van der Waals surface area contributed by atoms with Gasteiger partial charge in [0.2, 0.25) is 0 Å². The summed E-state index contributed by atoms with van der Waals surface area (Å²) < 4.78 is 0. The number of hydrogen-bond donors (Lipinski definition) is 2. The highest BCUT2D eigenvalue weighted by Crippen LogP contribution is 2.69. The normalized spacial score (nSPS) is 50.7. The van der Waals surface area contributed by atoms with Gasteiger partial charge >= 0.3 is 0 Å². The molecule has 0 saturated heterocycles. The highest BCUT2D eigenvalue weighted by Gasteiger charge is 2.66. The van der Waals surface area contributed by atoms with Gasteiger partial charge in [0, 0.05) is 5.41 Å². The quantitative estimate of drug-likeness (QED) is 0.543. The van der Waals surface area contributed by atoms with Gasteiger partial charge in [-0.3, -0.25) is 0 Å². The summed E-state index contributed by atoms with van der Waals surface area (Å²) in [6.45, 7) is 12.2. The molecular weight excluding hydrogens is 356 g/mol. The van der Waals surface area contributed by atoms with Crippen LogP contribution in [0.1, 0.15) is 112 Å². The molecule has 9 atom stereocenters. The van der Waals surface area contributed by atoms with E-state index in [-0.39, 0.29) is 5.41 Å². The summed E-state index contributed by atoms with van der Waals surface area (Å²) >= 11 is 0. The van der Waals surface area contributed by atoms with Gasteiger partial charge in [-0.1, -0.05) is 66.7 Å². The van der Waals surface area contributed by atoms with Crippen molar-refractivity contribution in [1.29, 1.82) is 0 Å². The van der Waals surface area contributed by atoms with E-state index in [1.807, 2.05) is 0 Å². The molecule has 4 aliphatic carbocycles. The van der Waals surface area contributed by atoms with Crippen LogP contribution in [0.25, 0.3) is 0 Å². The van der Waals surface area contributed by atoms with Crippen LogP contribution >= 0.6 is 0 Å². The van der Waals surface area contributed by atoms with Crippen LogP contribution in [0.5, 0.6) is 0 Å². The van der Waals surface area contributed by atoms with Crippen molar-refractivity contribution in [1.82, 2.24) is 0 Å². The van der Waals surface area contributed by atoms with Crippen molar-refractivity contribution in [3.63, 3.8) is 0 Å². The van der Waals surface area contributed by atoms with Gasteiger partial charge in [0.15, 0.2) is 0 Å². The van der Waals surface area contributed by atoms with E-state index in [1.165, 1.54) is 51.4 Å². The van der Waals surface area contributed by atoms with Crippen LogP contribution in [-0.4, -0.2) is 21.9 Å². The van der Waals surface area contributed by atoms with Crippen molar-refractivity contribution < 1.29 is 10.2 Å². The van der Waals surface area contributed by atoms with E-state index >= 15 is 0 Å². The molecule has 2 N–H and O–H groups in total. The summed E-state index contributed by atoms with van der Waals surface area (Å²) in [6.07, 6.45) is 14.1. The summed E-state index contributed by atoms with van der Waals surface area (Å²) in [5, 5.41) is 22.8. The number of hydrogen-bond acceptors (Lipinski definition) is 2. The van der Waals surface area contributed by atoms with Crippen molar-refractivity contribution >= 4 is 0 Å². The van der Waals surface area contributed by atoms with E-state index < -0.39 is 11.7 Å². The van der Waals surface area contributed by atoms with E-state index in [4.69, 9.17) is 0 Å². The second-order valence-electron chi connectivity index (χ2n) is 12.7. The largest absolute Gasteiger partial charge is 0.390 e. The zero-order chi connectivity index (χ0) is 21.0. The average molecular weight is 405 g/mol. The molecule has 4 rings (SSSR count). The number of aliphatic hydroxyl groups is 2. The maximum atomic E-state index is 11.6. The molecular formula is C27H48O2. The van der Waals surface area contributed by atoms with Gasteiger partial charge in [0.05, 0.1) is 11.7 Å². The Morgan fingerprint density at radius 1 is 0.897 bits per heavy atom. The fourth-order valence-electron chi connectivity index (χ4n) is 9.33. The average Bonchev–Trinajstić information content (AvgIpc) is 3.01. The molecule has 0 unspecified atom stereocenters. The summed E-state index contributed by atoms with van der Waals surface area (Å²) in [7, 11) is 0. The van der Waals surface area contributed by atoms with Crippen LogP contribution in [0.4, 0.5) is 0 Å². The Bertz CT molecular complexity index is 587. The molecule has 2 nitrogen and oxygen atoms in total. The Balaban J connectivity index is 1.53. The first-order valence-electron chi connectivity index (χ1n) is 13.0. The molecule has 4 saturated carbocycles. The van der Waals surface area contributed by atoms with Crippen molar-refractivity contribution in [3.8, 4) is 0 Å². The third-order valence-electron chi connectivity index (χ3n) is 11.0. The molecule has 4 aliphatic rings. The molecule has 4 fully saturated rings. The van der Waals surface area contributed by atoms with Crippen LogP contribution in [0.3, 0.4) is 0 Å². The van der Waals surface area contributed by atoms with Crippen molar-refractivity contribution in [2.45, 2.75) is 123 Å². The fourth-order valence-corrected chi connectivity index (χ4v) is 9.33. The van der Waals surface area contributed by atoms with Crippen LogP contribution in [0.2, 0.25) is 0 Å². The molecule has 29 heavy (non-hydrogen) atoms. The minimum atomic E-state index is -0.831. The lowest BCUT2D eigenvalue weighted by molar-refractivity contribution is -0.253. The van der Waals surface area contributed by atoms with E-state index in [0.717, 1.165) is 49.4 Å². The van der Waals surface area contributed by atoms with Gasteiger partial charge in [-0.25, -0.2) is 0 Å². The second-order valence-corrected chi connectivity index (χ2v) is 12.7. The van der Waals surface area contributed by atoms with Crippen LogP contribution in [0, 0.1) is 46.3 Å². The van der Waals surface area contributed by atoms with E-state index in [1.54, 1.807) is 0 Å². The van der Waals surface area contributed by atoms with Crippen molar-refractivity contribution in [3.05, 3.63) is 0 Å². The molecule has 0 radical (unpaired) electrons. The Morgan fingerprint density at radius 2 is 1.62 bits per heavy atom. The highest BCUT2D eigenvalue weighted by atomic mass is 16.3. The van der Waals surface area contributed by atoms with Gasteiger partial charge in [-0.05, 0) is 85.9 Å². The van der Waals surface area contributed by atoms with Gasteiger partial charge in [0.25, 0.3) is 0 Å². The smallest absolute Gasteiger partial charge is 0.0961 e.